The summed E-state index contributed by atoms with van der Waals surface area (Å²) in [5.74, 6) is -0.579. The highest BCUT2D eigenvalue weighted by atomic mass is 35.5. The Morgan fingerprint density at radius 1 is 1.33 bits per heavy atom. The molecule has 21 heavy (non-hydrogen) atoms. The van der Waals surface area contributed by atoms with Crippen LogP contribution in [0.1, 0.15) is 15.2 Å². The predicted octanol–water partition coefficient (Wildman–Crippen LogP) is 3.61. The monoisotopic (exact) mass is 325 g/mol. The third-order valence-corrected chi connectivity index (χ3v) is 4.12. The minimum atomic E-state index is -0.979. The second-order valence-electron chi connectivity index (χ2n) is 4.59. The SMILES string of the molecule is CN(CCOc1ccccc1C(=O)O)Cc1ccc(Cl)s1. The van der Waals surface area contributed by atoms with Crippen molar-refractivity contribution in [3.8, 4) is 5.75 Å². The van der Waals surface area contributed by atoms with Crippen LogP contribution in [0.15, 0.2) is 36.4 Å². The Bertz CT molecular complexity index is 614. The number of benzene rings is 1. The van der Waals surface area contributed by atoms with Crippen LogP contribution in [0.3, 0.4) is 0 Å². The summed E-state index contributed by atoms with van der Waals surface area (Å²) in [6.07, 6.45) is 0. The first-order valence-electron chi connectivity index (χ1n) is 6.44. The number of hydrogen-bond acceptors (Lipinski definition) is 4. The molecule has 2 aromatic rings. The average molecular weight is 326 g/mol. The number of carbonyl (C=O) groups is 1. The molecule has 1 aromatic carbocycles. The Kier molecular flexibility index (Phi) is 5.61. The van der Waals surface area contributed by atoms with Crippen LogP contribution in [-0.2, 0) is 6.54 Å². The third kappa shape index (κ3) is 4.74. The van der Waals surface area contributed by atoms with Gasteiger partial charge in [-0.05, 0) is 31.3 Å². The zero-order valence-electron chi connectivity index (χ0n) is 11.6. The van der Waals surface area contributed by atoms with Crippen molar-refractivity contribution in [3.05, 3.63) is 51.2 Å². The van der Waals surface area contributed by atoms with Gasteiger partial charge in [0.05, 0.1) is 4.34 Å². The summed E-state index contributed by atoms with van der Waals surface area (Å²) < 4.78 is 6.35. The van der Waals surface area contributed by atoms with Gasteiger partial charge >= 0.3 is 5.97 Å². The first-order chi connectivity index (χ1) is 10.1. The van der Waals surface area contributed by atoms with Crippen molar-refractivity contribution < 1.29 is 14.6 Å². The Balaban J connectivity index is 1.83. The lowest BCUT2D eigenvalue weighted by atomic mass is 10.2. The summed E-state index contributed by atoms with van der Waals surface area (Å²) in [5.41, 5.74) is 0.185. The number of hydrogen-bond donors (Lipinski definition) is 1. The minimum Gasteiger partial charge on any atom is -0.491 e. The van der Waals surface area contributed by atoms with Gasteiger partial charge in [0, 0.05) is 18.0 Å². The van der Waals surface area contributed by atoms with Crippen molar-refractivity contribution >= 4 is 28.9 Å². The number of nitrogens with zero attached hydrogens (tertiary/aromatic N) is 1. The molecule has 1 heterocycles. The van der Waals surface area contributed by atoms with Crippen LogP contribution in [0.2, 0.25) is 4.34 Å². The molecule has 0 aliphatic rings. The third-order valence-electron chi connectivity index (χ3n) is 2.90. The smallest absolute Gasteiger partial charge is 0.339 e. The van der Waals surface area contributed by atoms with Crippen LogP contribution in [0.4, 0.5) is 0 Å². The number of thiophene rings is 1. The zero-order chi connectivity index (χ0) is 15.2. The molecular weight excluding hydrogens is 310 g/mol. The molecule has 0 radical (unpaired) electrons. The molecule has 0 saturated heterocycles. The van der Waals surface area contributed by atoms with Crippen molar-refractivity contribution in [2.45, 2.75) is 6.54 Å². The maximum Gasteiger partial charge on any atom is 0.339 e. The lowest BCUT2D eigenvalue weighted by Gasteiger charge is -2.16. The highest BCUT2D eigenvalue weighted by Gasteiger charge is 2.10. The maximum atomic E-state index is 11.1. The van der Waals surface area contributed by atoms with Gasteiger partial charge in [-0.2, -0.15) is 0 Å². The number of carboxylic acid groups (broad SMARTS) is 1. The Labute approximate surface area is 132 Å². The number of rotatable bonds is 7. The predicted molar refractivity (Wildman–Crippen MR) is 84.6 cm³/mol. The first kappa shape index (κ1) is 15.8. The molecule has 0 aliphatic heterocycles. The van der Waals surface area contributed by atoms with Crippen LogP contribution < -0.4 is 4.74 Å². The second-order valence-corrected chi connectivity index (χ2v) is 6.39. The van der Waals surface area contributed by atoms with E-state index < -0.39 is 5.97 Å². The van der Waals surface area contributed by atoms with E-state index in [4.69, 9.17) is 21.4 Å². The van der Waals surface area contributed by atoms with E-state index in [0.29, 0.717) is 18.9 Å². The molecular formula is C15H16ClNO3S. The number of para-hydroxylation sites is 1. The molecule has 0 spiro atoms. The molecule has 1 aromatic heterocycles. The van der Waals surface area contributed by atoms with Gasteiger partial charge in [-0.3, -0.25) is 4.90 Å². The van der Waals surface area contributed by atoms with Gasteiger partial charge in [0.25, 0.3) is 0 Å². The lowest BCUT2D eigenvalue weighted by Crippen LogP contribution is -2.23. The largest absolute Gasteiger partial charge is 0.491 e. The van der Waals surface area contributed by atoms with Crippen molar-refractivity contribution in [2.75, 3.05) is 20.2 Å². The van der Waals surface area contributed by atoms with Gasteiger partial charge in [-0.15, -0.1) is 11.3 Å². The van der Waals surface area contributed by atoms with Crippen LogP contribution in [0, 0.1) is 0 Å². The number of carboxylic acids is 1. The molecule has 4 nitrogen and oxygen atoms in total. The van der Waals surface area contributed by atoms with E-state index in [-0.39, 0.29) is 5.56 Å². The van der Waals surface area contributed by atoms with Gasteiger partial charge < -0.3 is 9.84 Å². The van der Waals surface area contributed by atoms with Crippen LogP contribution >= 0.6 is 22.9 Å². The molecule has 112 valence electrons. The quantitative estimate of drug-likeness (QED) is 0.845. The summed E-state index contributed by atoms with van der Waals surface area (Å²) in [6.45, 7) is 1.92. The average Bonchev–Trinajstić information content (AvgIpc) is 2.84. The molecule has 0 fully saturated rings. The molecule has 0 bridgehead atoms. The second kappa shape index (κ2) is 7.45. The fourth-order valence-corrected chi connectivity index (χ4v) is 3.03. The van der Waals surface area contributed by atoms with E-state index in [9.17, 15) is 4.79 Å². The maximum absolute atomic E-state index is 11.1. The van der Waals surface area contributed by atoms with Gasteiger partial charge in [0.2, 0.25) is 0 Å². The minimum absolute atomic E-state index is 0.185. The van der Waals surface area contributed by atoms with Gasteiger partial charge in [0.1, 0.15) is 17.9 Å². The molecule has 0 atom stereocenters. The molecule has 6 heteroatoms. The molecule has 1 N–H and O–H groups in total. The zero-order valence-corrected chi connectivity index (χ0v) is 13.2. The van der Waals surface area contributed by atoms with Crippen molar-refractivity contribution in [1.82, 2.24) is 4.90 Å². The lowest BCUT2D eigenvalue weighted by molar-refractivity contribution is 0.0691. The van der Waals surface area contributed by atoms with Crippen LogP contribution in [0.25, 0.3) is 0 Å². The van der Waals surface area contributed by atoms with Gasteiger partial charge in [-0.25, -0.2) is 4.79 Å². The number of halogens is 1. The topological polar surface area (TPSA) is 49.8 Å². The molecule has 0 amide bonds. The summed E-state index contributed by atoms with van der Waals surface area (Å²) in [4.78, 5) is 14.4. The first-order valence-corrected chi connectivity index (χ1v) is 7.63. The summed E-state index contributed by atoms with van der Waals surface area (Å²) in [5, 5.41) is 9.07. The highest BCUT2D eigenvalue weighted by molar-refractivity contribution is 7.16. The van der Waals surface area contributed by atoms with Crippen LogP contribution in [0.5, 0.6) is 5.75 Å². The molecule has 0 saturated carbocycles. The van der Waals surface area contributed by atoms with Crippen molar-refractivity contribution in [2.24, 2.45) is 0 Å². The number of likely N-dealkylation sites (N-methyl/N-ethyl adjacent to an activating group) is 1. The molecule has 0 aliphatic carbocycles. The van der Waals surface area contributed by atoms with Gasteiger partial charge in [0.15, 0.2) is 0 Å². The van der Waals surface area contributed by atoms with E-state index in [1.807, 2.05) is 19.2 Å². The molecule has 2 rings (SSSR count). The summed E-state index contributed by atoms with van der Waals surface area (Å²) in [7, 11) is 1.99. The van der Waals surface area contributed by atoms with Gasteiger partial charge in [-0.1, -0.05) is 23.7 Å². The van der Waals surface area contributed by atoms with Crippen LogP contribution in [-0.4, -0.2) is 36.2 Å². The standard InChI is InChI=1S/C15H16ClNO3S/c1-17(10-11-6-7-14(16)21-11)8-9-20-13-5-3-2-4-12(13)15(18)19/h2-7H,8-10H2,1H3,(H,18,19). The summed E-state index contributed by atoms with van der Waals surface area (Å²) >= 11 is 7.45. The fourth-order valence-electron chi connectivity index (χ4n) is 1.86. The Morgan fingerprint density at radius 2 is 2.10 bits per heavy atom. The normalized spacial score (nSPS) is 10.8. The number of aromatic carboxylic acids is 1. The molecule has 0 unspecified atom stereocenters. The number of ether oxygens (including phenoxy) is 1. The fraction of sp³-hybridized carbons (Fsp3) is 0.267. The van der Waals surface area contributed by atoms with E-state index in [2.05, 4.69) is 4.90 Å². The Morgan fingerprint density at radius 3 is 2.76 bits per heavy atom. The van der Waals surface area contributed by atoms with E-state index in [1.54, 1.807) is 29.5 Å². The van der Waals surface area contributed by atoms with Crippen molar-refractivity contribution in [3.63, 3.8) is 0 Å². The van der Waals surface area contributed by atoms with E-state index >= 15 is 0 Å². The van der Waals surface area contributed by atoms with E-state index in [1.165, 1.54) is 10.9 Å². The van der Waals surface area contributed by atoms with Crippen molar-refractivity contribution in [1.29, 1.82) is 0 Å². The highest BCUT2D eigenvalue weighted by Crippen LogP contribution is 2.22. The van der Waals surface area contributed by atoms with E-state index in [0.717, 1.165) is 10.9 Å². The summed E-state index contributed by atoms with van der Waals surface area (Å²) in [6, 6.07) is 10.5. The Hall–Kier alpha value is -1.56.